The second kappa shape index (κ2) is 5.54. The van der Waals surface area contributed by atoms with E-state index in [0.717, 1.165) is 16.6 Å². The molecule has 0 aliphatic heterocycles. The minimum Gasteiger partial charge on any atom is -0.380 e. The zero-order valence-corrected chi connectivity index (χ0v) is 11.1. The summed E-state index contributed by atoms with van der Waals surface area (Å²) in [4.78, 5) is 18.7. The summed E-state index contributed by atoms with van der Waals surface area (Å²) in [6, 6.07) is 8.82. The Bertz CT molecular complexity index is 790. The van der Waals surface area contributed by atoms with Gasteiger partial charge in [0.2, 0.25) is 0 Å². The molecule has 21 heavy (non-hydrogen) atoms. The molecule has 0 fully saturated rings. The fourth-order valence-corrected chi connectivity index (χ4v) is 2.19. The molecule has 0 saturated heterocycles. The molecule has 2 heterocycles. The minimum absolute atomic E-state index is 0.0602. The predicted molar refractivity (Wildman–Crippen MR) is 80.0 cm³/mol. The fraction of sp³-hybridized carbons (Fsp3) is 0.0667. The molecule has 0 unspecified atom stereocenters. The van der Waals surface area contributed by atoms with Crippen molar-refractivity contribution in [3.05, 3.63) is 70.8 Å². The van der Waals surface area contributed by atoms with E-state index >= 15 is 0 Å². The van der Waals surface area contributed by atoms with Gasteiger partial charge in [-0.2, -0.15) is 0 Å². The topological polar surface area (TPSA) is 81.0 Å². The first-order valence-corrected chi connectivity index (χ1v) is 6.39. The molecule has 104 valence electrons. The summed E-state index contributed by atoms with van der Waals surface area (Å²) in [5.41, 5.74) is 1.94. The lowest BCUT2D eigenvalue weighted by Gasteiger charge is -2.09. The molecule has 1 N–H and O–H groups in total. The molecule has 2 aromatic heterocycles. The number of nitrogens with zero attached hydrogens (tertiary/aromatic N) is 3. The maximum absolute atomic E-state index is 11.1. The summed E-state index contributed by atoms with van der Waals surface area (Å²) < 4.78 is 0. The Kier molecular flexibility index (Phi) is 3.42. The van der Waals surface area contributed by atoms with E-state index in [1.165, 1.54) is 12.3 Å². The average molecular weight is 280 g/mol. The standard InChI is InChI=1S/C15H12N4O2/c20-19(21)15-4-3-14(12-5-7-17-10-13(12)15)18-9-11-2-1-6-16-8-11/h1-8,10,18H,9H2. The van der Waals surface area contributed by atoms with Crippen LogP contribution in [0.3, 0.4) is 0 Å². The minimum atomic E-state index is -0.394. The molecule has 0 spiro atoms. The van der Waals surface area contributed by atoms with Gasteiger partial charge < -0.3 is 5.32 Å². The Labute approximate surface area is 120 Å². The van der Waals surface area contributed by atoms with Crippen LogP contribution in [0.1, 0.15) is 5.56 Å². The van der Waals surface area contributed by atoms with E-state index < -0.39 is 4.92 Å². The maximum atomic E-state index is 11.1. The van der Waals surface area contributed by atoms with Gasteiger partial charge in [0.05, 0.1) is 10.3 Å². The van der Waals surface area contributed by atoms with E-state index in [0.29, 0.717) is 11.9 Å². The number of rotatable bonds is 4. The van der Waals surface area contributed by atoms with E-state index in [2.05, 4.69) is 15.3 Å². The molecule has 0 amide bonds. The zero-order chi connectivity index (χ0) is 14.7. The van der Waals surface area contributed by atoms with Crippen molar-refractivity contribution in [3.8, 4) is 0 Å². The zero-order valence-electron chi connectivity index (χ0n) is 11.1. The number of aromatic nitrogens is 2. The number of fused-ring (bicyclic) bond motifs is 1. The molecule has 0 aliphatic carbocycles. The van der Waals surface area contributed by atoms with Gasteiger partial charge in [0.25, 0.3) is 5.69 Å². The first-order valence-electron chi connectivity index (χ1n) is 6.39. The van der Waals surface area contributed by atoms with Crippen LogP contribution in [0, 0.1) is 10.1 Å². The summed E-state index contributed by atoms with van der Waals surface area (Å²) in [6.07, 6.45) is 6.64. The van der Waals surface area contributed by atoms with Gasteiger partial charge in [-0.25, -0.2) is 0 Å². The predicted octanol–water partition coefficient (Wildman–Crippen LogP) is 3.15. The number of hydrogen-bond donors (Lipinski definition) is 1. The third kappa shape index (κ3) is 2.64. The van der Waals surface area contributed by atoms with Crippen molar-refractivity contribution in [2.24, 2.45) is 0 Å². The van der Waals surface area contributed by atoms with Gasteiger partial charge in [0.1, 0.15) is 0 Å². The van der Waals surface area contributed by atoms with E-state index in [4.69, 9.17) is 0 Å². The summed E-state index contributed by atoms with van der Waals surface area (Å²) in [5, 5.41) is 15.6. The number of non-ortho nitro benzene ring substituents is 1. The van der Waals surface area contributed by atoms with Crippen LogP contribution >= 0.6 is 0 Å². The number of anilines is 1. The van der Waals surface area contributed by atoms with Crippen LogP contribution in [0.15, 0.2) is 55.1 Å². The third-order valence-electron chi connectivity index (χ3n) is 3.20. The number of nitrogens with one attached hydrogen (secondary N) is 1. The van der Waals surface area contributed by atoms with E-state index in [-0.39, 0.29) is 5.69 Å². The highest BCUT2D eigenvalue weighted by molar-refractivity contribution is 5.99. The van der Waals surface area contributed by atoms with Crippen molar-refractivity contribution in [3.63, 3.8) is 0 Å². The molecular formula is C15H12N4O2. The molecule has 1 aromatic carbocycles. The molecule has 3 aromatic rings. The Hall–Kier alpha value is -3.02. The van der Waals surface area contributed by atoms with Crippen molar-refractivity contribution >= 4 is 22.1 Å². The normalized spacial score (nSPS) is 10.5. The summed E-state index contributed by atoms with van der Waals surface area (Å²) in [6.45, 7) is 0.600. The molecule has 0 aliphatic rings. The molecule has 0 saturated carbocycles. The Morgan fingerprint density at radius 1 is 1.05 bits per heavy atom. The van der Waals surface area contributed by atoms with Crippen molar-refractivity contribution in [2.75, 3.05) is 5.32 Å². The quantitative estimate of drug-likeness (QED) is 0.586. The third-order valence-corrected chi connectivity index (χ3v) is 3.20. The summed E-state index contributed by atoms with van der Waals surface area (Å²) in [7, 11) is 0. The van der Waals surface area contributed by atoms with Gasteiger partial charge >= 0.3 is 0 Å². The lowest BCUT2D eigenvalue weighted by atomic mass is 10.1. The highest BCUT2D eigenvalue weighted by Gasteiger charge is 2.14. The summed E-state index contributed by atoms with van der Waals surface area (Å²) in [5.74, 6) is 0. The molecule has 0 atom stereocenters. The van der Waals surface area contributed by atoms with Crippen LogP contribution in [0.25, 0.3) is 10.8 Å². The first-order chi connectivity index (χ1) is 10.3. The number of nitro groups is 1. The molecule has 6 nitrogen and oxygen atoms in total. The SMILES string of the molecule is O=[N+]([O-])c1ccc(NCc2cccnc2)c2ccncc12. The van der Waals surface area contributed by atoms with Crippen LogP contribution < -0.4 is 5.32 Å². The van der Waals surface area contributed by atoms with Gasteiger partial charge in [-0.15, -0.1) is 0 Å². The Morgan fingerprint density at radius 2 is 1.90 bits per heavy atom. The van der Waals surface area contributed by atoms with Crippen LogP contribution in [0.4, 0.5) is 11.4 Å². The molecule has 3 rings (SSSR count). The van der Waals surface area contributed by atoms with Crippen molar-refractivity contribution < 1.29 is 4.92 Å². The number of hydrogen-bond acceptors (Lipinski definition) is 5. The average Bonchev–Trinajstić information content (AvgIpc) is 2.53. The smallest absolute Gasteiger partial charge is 0.278 e. The lowest BCUT2D eigenvalue weighted by molar-refractivity contribution is -0.383. The summed E-state index contributed by atoms with van der Waals surface area (Å²) >= 11 is 0. The lowest BCUT2D eigenvalue weighted by Crippen LogP contribution is -2.01. The van der Waals surface area contributed by atoms with Crippen LogP contribution in [0.2, 0.25) is 0 Å². The number of pyridine rings is 2. The number of benzene rings is 1. The van der Waals surface area contributed by atoms with E-state index in [9.17, 15) is 10.1 Å². The fourth-order valence-electron chi connectivity index (χ4n) is 2.19. The maximum Gasteiger partial charge on any atom is 0.278 e. The molecular weight excluding hydrogens is 268 g/mol. The first kappa shape index (κ1) is 13.0. The molecule has 0 bridgehead atoms. The second-order valence-electron chi connectivity index (χ2n) is 4.53. The van der Waals surface area contributed by atoms with Crippen molar-refractivity contribution in [1.82, 2.24) is 9.97 Å². The Balaban J connectivity index is 1.96. The number of nitro benzene ring substituents is 1. The molecule has 6 heteroatoms. The Morgan fingerprint density at radius 3 is 2.67 bits per heavy atom. The van der Waals surface area contributed by atoms with Gasteiger partial charge in [-0.05, 0) is 23.8 Å². The highest BCUT2D eigenvalue weighted by atomic mass is 16.6. The monoisotopic (exact) mass is 280 g/mol. The van der Waals surface area contributed by atoms with Gasteiger partial charge in [-0.1, -0.05) is 6.07 Å². The van der Waals surface area contributed by atoms with Gasteiger partial charge in [-0.3, -0.25) is 20.1 Å². The van der Waals surface area contributed by atoms with Crippen LogP contribution in [-0.2, 0) is 6.54 Å². The van der Waals surface area contributed by atoms with Crippen molar-refractivity contribution in [1.29, 1.82) is 0 Å². The van der Waals surface area contributed by atoms with Crippen LogP contribution in [-0.4, -0.2) is 14.9 Å². The second-order valence-corrected chi connectivity index (χ2v) is 4.53. The van der Waals surface area contributed by atoms with Crippen molar-refractivity contribution in [2.45, 2.75) is 6.54 Å². The highest BCUT2D eigenvalue weighted by Crippen LogP contribution is 2.30. The van der Waals surface area contributed by atoms with Gasteiger partial charge in [0.15, 0.2) is 0 Å². The molecule has 0 radical (unpaired) electrons. The largest absolute Gasteiger partial charge is 0.380 e. The van der Waals surface area contributed by atoms with Crippen LogP contribution in [0.5, 0.6) is 0 Å². The van der Waals surface area contributed by atoms with Gasteiger partial charge in [0, 0.05) is 48.5 Å². The van der Waals surface area contributed by atoms with E-state index in [1.807, 2.05) is 12.1 Å². The van der Waals surface area contributed by atoms with E-state index in [1.54, 1.807) is 30.7 Å².